The summed E-state index contributed by atoms with van der Waals surface area (Å²) in [5.74, 6) is 0.257. The lowest BCUT2D eigenvalue weighted by Gasteiger charge is -2.21. The second-order valence-electron chi connectivity index (χ2n) is 6.11. The number of rotatable bonds is 6. The molecule has 0 unspecified atom stereocenters. The van der Waals surface area contributed by atoms with Gasteiger partial charge in [-0.3, -0.25) is 4.79 Å². The molecule has 0 bridgehead atoms. The predicted octanol–water partition coefficient (Wildman–Crippen LogP) is 2.81. The Hall–Kier alpha value is -2.63. The highest BCUT2D eigenvalue weighted by atomic mass is 16.5. The van der Waals surface area contributed by atoms with Gasteiger partial charge in [0.2, 0.25) is 0 Å². The van der Waals surface area contributed by atoms with Crippen LogP contribution in [0.25, 0.3) is 0 Å². The molecule has 1 saturated carbocycles. The van der Waals surface area contributed by atoms with Crippen molar-refractivity contribution < 1.29 is 14.3 Å². The molecule has 25 heavy (non-hydrogen) atoms. The van der Waals surface area contributed by atoms with E-state index in [9.17, 15) is 9.59 Å². The molecule has 3 rings (SSSR count). The quantitative estimate of drug-likeness (QED) is 0.755. The van der Waals surface area contributed by atoms with Crippen molar-refractivity contribution in [1.29, 1.82) is 0 Å². The molecule has 132 valence electrons. The average Bonchev–Trinajstić information content (AvgIpc) is 2.65. The van der Waals surface area contributed by atoms with Gasteiger partial charge >= 0.3 is 5.97 Å². The second kappa shape index (κ2) is 8.46. The molecule has 6 nitrogen and oxygen atoms in total. The van der Waals surface area contributed by atoms with Crippen LogP contribution < -0.4 is 10.3 Å². The largest absolute Gasteiger partial charge is 0.492 e. The van der Waals surface area contributed by atoms with Crippen LogP contribution in [0.1, 0.15) is 42.6 Å². The normalized spacial score (nSPS) is 14.9. The summed E-state index contributed by atoms with van der Waals surface area (Å²) in [7, 11) is 0. The number of hydrogen-bond acceptors (Lipinski definition) is 5. The molecule has 1 heterocycles. The zero-order valence-corrected chi connectivity index (χ0v) is 14.1. The number of hydrogen-bond donors (Lipinski definition) is 0. The molecule has 1 fully saturated rings. The third kappa shape index (κ3) is 4.92. The van der Waals surface area contributed by atoms with E-state index < -0.39 is 5.97 Å². The molecule has 1 aromatic heterocycles. The first-order valence-electron chi connectivity index (χ1n) is 8.69. The predicted molar refractivity (Wildman–Crippen MR) is 92.7 cm³/mol. The summed E-state index contributed by atoms with van der Waals surface area (Å²) in [6.45, 7) is 0.552. The number of para-hydroxylation sites is 1. The van der Waals surface area contributed by atoms with Gasteiger partial charge in [0.05, 0.1) is 6.54 Å². The van der Waals surface area contributed by atoms with Crippen LogP contribution in [0.3, 0.4) is 0 Å². The van der Waals surface area contributed by atoms with E-state index in [-0.39, 0.29) is 30.5 Å². The number of carbonyl (C=O) groups is 1. The van der Waals surface area contributed by atoms with Crippen LogP contribution in [0.15, 0.2) is 47.3 Å². The van der Waals surface area contributed by atoms with Crippen molar-refractivity contribution in [1.82, 2.24) is 9.78 Å². The standard InChI is InChI=1S/C19H22N2O4/c22-18-12-11-17(19(23)25-16-9-5-2-6-10-16)20-21(18)13-14-24-15-7-3-1-4-8-15/h1,3-4,7-8,11-12,16H,2,5-6,9-10,13-14H2. The minimum Gasteiger partial charge on any atom is -0.492 e. The number of aromatic nitrogens is 2. The van der Waals surface area contributed by atoms with E-state index in [1.165, 1.54) is 23.2 Å². The number of carbonyl (C=O) groups excluding carboxylic acids is 1. The molecule has 6 heteroatoms. The first-order chi connectivity index (χ1) is 12.2. The first-order valence-corrected chi connectivity index (χ1v) is 8.69. The number of esters is 1. The van der Waals surface area contributed by atoms with Gasteiger partial charge in [0.25, 0.3) is 5.56 Å². The Morgan fingerprint density at radius 3 is 2.60 bits per heavy atom. The highest BCUT2D eigenvalue weighted by molar-refractivity contribution is 5.87. The van der Waals surface area contributed by atoms with Crippen LogP contribution >= 0.6 is 0 Å². The Morgan fingerprint density at radius 2 is 1.84 bits per heavy atom. The van der Waals surface area contributed by atoms with Crippen molar-refractivity contribution in [3.8, 4) is 5.75 Å². The van der Waals surface area contributed by atoms with Gasteiger partial charge in [-0.2, -0.15) is 5.10 Å². The molecule has 0 saturated heterocycles. The van der Waals surface area contributed by atoms with Gasteiger partial charge in [-0.1, -0.05) is 24.6 Å². The summed E-state index contributed by atoms with van der Waals surface area (Å²) >= 11 is 0. The van der Waals surface area contributed by atoms with Gasteiger partial charge < -0.3 is 9.47 Å². The van der Waals surface area contributed by atoms with E-state index in [1.807, 2.05) is 30.3 Å². The van der Waals surface area contributed by atoms with E-state index in [1.54, 1.807) is 0 Å². The first kappa shape index (κ1) is 17.2. The summed E-state index contributed by atoms with van der Waals surface area (Å²) in [4.78, 5) is 24.2. The summed E-state index contributed by atoms with van der Waals surface area (Å²) in [5, 5.41) is 4.12. The van der Waals surface area contributed by atoms with Crippen molar-refractivity contribution in [2.45, 2.75) is 44.8 Å². The minimum absolute atomic E-state index is 0.0372. The van der Waals surface area contributed by atoms with Crippen LogP contribution in [0.4, 0.5) is 0 Å². The fraction of sp³-hybridized carbons (Fsp3) is 0.421. The fourth-order valence-corrected chi connectivity index (χ4v) is 2.88. The van der Waals surface area contributed by atoms with Gasteiger partial charge in [-0.05, 0) is 43.9 Å². The molecule has 1 aromatic carbocycles. The van der Waals surface area contributed by atoms with E-state index in [2.05, 4.69) is 5.10 Å². The van der Waals surface area contributed by atoms with Crippen LogP contribution in [0.5, 0.6) is 5.75 Å². The highest BCUT2D eigenvalue weighted by Gasteiger charge is 2.20. The maximum Gasteiger partial charge on any atom is 0.359 e. The van der Waals surface area contributed by atoms with Crippen molar-refractivity contribution in [2.75, 3.05) is 6.61 Å². The topological polar surface area (TPSA) is 70.4 Å². The minimum atomic E-state index is -0.468. The summed E-state index contributed by atoms with van der Waals surface area (Å²) < 4.78 is 12.3. The third-order valence-electron chi connectivity index (χ3n) is 4.22. The molecule has 0 atom stereocenters. The molecule has 2 aromatic rings. The Bertz CT molecular complexity index is 752. The monoisotopic (exact) mass is 342 g/mol. The van der Waals surface area contributed by atoms with Gasteiger partial charge in [0.1, 0.15) is 18.5 Å². The van der Waals surface area contributed by atoms with Crippen molar-refractivity contribution >= 4 is 5.97 Å². The number of ether oxygens (including phenoxy) is 2. The Labute approximate surface area is 146 Å². The van der Waals surface area contributed by atoms with E-state index >= 15 is 0 Å². The number of nitrogens with zero attached hydrogens (tertiary/aromatic N) is 2. The van der Waals surface area contributed by atoms with Gasteiger partial charge in [0.15, 0.2) is 5.69 Å². The molecule has 0 amide bonds. The molecule has 1 aliphatic carbocycles. The maximum absolute atomic E-state index is 12.2. The van der Waals surface area contributed by atoms with E-state index in [0.29, 0.717) is 0 Å². The second-order valence-corrected chi connectivity index (χ2v) is 6.11. The fourth-order valence-electron chi connectivity index (χ4n) is 2.88. The molecule has 0 N–H and O–H groups in total. The van der Waals surface area contributed by atoms with Crippen molar-refractivity contribution in [3.63, 3.8) is 0 Å². The lowest BCUT2D eigenvalue weighted by Crippen LogP contribution is -2.28. The van der Waals surface area contributed by atoms with Crippen LogP contribution in [0, 0.1) is 0 Å². The highest BCUT2D eigenvalue weighted by Crippen LogP contribution is 2.21. The summed E-state index contributed by atoms with van der Waals surface area (Å²) in [6.07, 6.45) is 5.12. The van der Waals surface area contributed by atoms with Crippen molar-refractivity contribution in [2.24, 2.45) is 0 Å². The SMILES string of the molecule is O=C(OC1CCCCC1)c1ccc(=O)n(CCOc2ccccc2)n1. The average molecular weight is 342 g/mol. The molecule has 0 radical (unpaired) electrons. The molecular weight excluding hydrogens is 320 g/mol. The Kier molecular flexibility index (Phi) is 5.82. The molecule has 0 aliphatic heterocycles. The molecular formula is C19H22N2O4. The van der Waals surface area contributed by atoms with Crippen LogP contribution in [-0.2, 0) is 11.3 Å². The zero-order valence-electron chi connectivity index (χ0n) is 14.1. The number of benzene rings is 1. The smallest absolute Gasteiger partial charge is 0.359 e. The molecule has 0 spiro atoms. The summed E-state index contributed by atoms with van der Waals surface area (Å²) in [5.41, 5.74) is -0.115. The lowest BCUT2D eigenvalue weighted by molar-refractivity contribution is 0.0201. The van der Waals surface area contributed by atoms with Gasteiger partial charge in [-0.25, -0.2) is 9.48 Å². The maximum atomic E-state index is 12.2. The lowest BCUT2D eigenvalue weighted by atomic mass is 9.98. The van der Waals surface area contributed by atoms with E-state index in [0.717, 1.165) is 31.4 Å². The van der Waals surface area contributed by atoms with Gasteiger partial charge in [0, 0.05) is 6.07 Å². The zero-order chi connectivity index (χ0) is 17.5. The van der Waals surface area contributed by atoms with Crippen molar-refractivity contribution in [3.05, 3.63) is 58.5 Å². The van der Waals surface area contributed by atoms with Gasteiger partial charge in [-0.15, -0.1) is 0 Å². The van der Waals surface area contributed by atoms with E-state index in [4.69, 9.17) is 9.47 Å². The molecule has 1 aliphatic rings. The Balaban J connectivity index is 1.59. The summed E-state index contributed by atoms with van der Waals surface area (Å²) in [6, 6.07) is 12.1. The third-order valence-corrected chi connectivity index (χ3v) is 4.22. The Morgan fingerprint density at radius 1 is 1.08 bits per heavy atom. The van der Waals surface area contributed by atoms with Crippen LogP contribution in [-0.4, -0.2) is 28.5 Å². The van der Waals surface area contributed by atoms with Crippen LogP contribution in [0.2, 0.25) is 0 Å².